The molecule has 30 heavy (non-hydrogen) atoms. The Morgan fingerprint density at radius 2 is 1.93 bits per heavy atom. The van der Waals surface area contributed by atoms with Crippen LogP contribution in [0.1, 0.15) is 31.2 Å². The molecule has 1 heterocycles. The van der Waals surface area contributed by atoms with E-state index < -0.39 is 35.9 Å². The van der Waals surface area contributed by atoms with Crippen molar-refractivity contribution in [2.24, 2.45) is 22.2 Å². The van der Waals surface area contributed by atoms with Gasteiger partial charge in [0.1, 0.15) is 12.1 Å². The average Bonchev–Trinajstić information content (AvgIpc) is 3.20. The van der Waals surface area contributed by atoms with Gasteiger partial charge in [-0.05, 0) is 31.2 Å². The lowest BCUT2D eigenvalue weighted by atomic mass is 10.0. The maximum absolute atomic E-state index is 13.1. The summed E-state index contributed by atoms with van der Waals surface area (Å²) in [5.74, 6) is -1.95. The number of guanidine groups is 1. The lowest BCUT2D eigenvalue weighted by Gasteiger charge is -2.28. The molecule has 1 aliphatic heterocycles. The van der Waals surface area contributed by atoms with E-state index in [0.717, 1.165) is 5.56 Å². The molecule has 1 fully saturated rings. The van der Waals surface area contributed by atoms with Crippen molar-refractivity contribution in [3.05, 3.63) is 35.9 Å². The minimum absolute atomic E-state index is 0.0276. The molecule has 10 heteroatoms. The molecule has 0 aromatic heterocycles. The second-order valence-electron chi connectivity index (χ2n) is 7.33. The molecule has 0 unspecified atom stereocenters. The summed E-state index contributed by atoms with van der Waals surface area (Å²) in [4.78, 5) is 42.4. The van der Waals surface area contributed by atoms with Gasteiger partial charge in [0.05, 0.1) is 6.04 Å². The highest BCUT2D eigenvalue weighted by molar-refractivity contribution is 5.92. The molecule has 0 spiro atoms. The van der Waals surface area contributed by atoms with Crippen LogP contribution in [-0.4, -0.2) is 65.0 Å². The van der Waals surface area contributed by atoms with Crippen LogP contribution in [0.2, 0.25) is 0 Å². The Morgan fingerprint density at radius 3 is 2.57 bits per heavy atom. The van der Waals surface area contributed by atoms with E-state index in [4.69, 9.17) is 17.2 Å². The van der Waals surface area contributed by atoms with Crippen molar-refractivity contribution in [1.29, 1.82) is 0 Å². The second-order valence-corrected chi connectivity index (χ2v) is 7.33. The van der Waals surface area contributed by atoms with Gasteiger partial charge in [0.25, 0.3) is 0 Å². The first-order chi connectivity index (χ1) is 14.3. The number of nitrogens with two attached hydrogens (primary N) is 3. The molecule has 1 aromatic carbocycles. The molecular weight excluding hydrogens is 388 g/mol. The molecule has 0 bridgehead atoms. The highest BCUT2D eigenvalue weighted by Crippen LogP contribution is 2.19. The van der Waals surface area contributed by atoms with Crippen molar-refractivity contribution >= 4 is 23.7 Å². The number of rotatable bonds is 10. The van der Waals surface area contributed by atoms with Crippen LogP contribution in [0.4, 0.5) is 0 Å². The SMILES string of the molecule is NC(N)=NCCC[C@H](N)C(=O)N[C@@H](Cc1ccccc1)C(=O)N1CCC[C@@H]1C(=O)O. The monoisotopic (exact) mass is 418 g/mol. The molecule has 1 saturated heterocycles. The fraction of sp³-hybridized carbons (Fsp3) is 0.500. The van der Waals surface area contributed by atoms with Gasteiger partial charge in [0.15, 0.2) is 5.96 Å². The summed E-state index contributed by atoms with van der Waals surface area (Å²) < 4.78 is 0. The molecule has 0 aliphatic carbocycles. The van der Waals surface area contributed by atoms with Gasteiger partial charge in [0, 0.05) is 19.5 Å². The van der Waals surface area contributed by atoms with E-state index in [0.29, 0.717) is 38.8 Å². The van der Waals surface area contributed by atoms with Crippen LogP contribution in [0, 0.1) is 0 Å². The topological polar surface area (TPSA) is 177 Å². The van der Waals surface area contributed by atoms with Gasteiger partial charge >= 0.3 is 5.97 Å². The van der Waals surface area contributed by atoms with E-state index >= 15 is 0 Å². The first-order valence-corrected chi connectivity index (χ1v) is 9.98. The fourth-order valence-electron chi connectivity index (χ4n) is 3.47. The number of benzene rings is 1. The van der Waals surface area contributed by atoms with Crippen molar-refractivity contribution in [2.45, 2.75) is 50.2 Å². The van der Waals surface area contributed by atoms with Crippen LogP contribution in [0.5, 0.6) is 0 Å². The fourth-order valence-corrected chi connectivity index (χ4v) is 3.47. The Labute approximate surface area is 175 Å². The van der Waals surface area contributed by atoms with Gasteiger partial charge < -0.3 is 32.5 Å². The molecule has 1 aromatic rings. The van der Waals surface area contributed by atoms with Gasteiger partial charge in [-0.15, -0.1) is 0 Å². The normalized spacial score (nSPS) is 17.8. The number of carbonyl (C=O) groups excluding carboxylic acids is 2. The van der Waals surface area contributed by atoms with Crippen molar-refractivity contribution in [3.8, 4) is 0 Å². The molecular formula is C20H30N6O4. The third-order valence-corrected chi connectivity index (χ3v) is 5.02. The van der Waals surface area contributed by atoms with Gasteiger partial charge in [-0.2, -0.15) is 0 Å². The number of carboxylic acids is 1. The van der Waals surface area contributed by atoms with Crippen LogP contribution in [-0.2, 0) is 20.8 Å². The first kappa shape index (κ1) is 23.1. The molecule has 10 nitrogen and oxygen atoms in total. The van der Waals surface area contributed by atoms with Gasteiger partial charge in [-0.25, -0.2) is 4.79 Å². The average molecular weight is 418 g/mol. The molecule has 0 saturated carbocycles. The Balaban J connectivity index is 2.07. The van der Waals surface area contributed by atoms with Crippen molar-refractivity contribution in [2.75, 3.05) is 13.1 Å². The number of carboxylic acid groups (broad SMARTS) is 1. The molecule has 1 aliphatic rings. The molecule has 3 atom stereocenters. The van der Waals surface area contributed by atoms with Crippen molar-refractivity contribution in [3.63, 3.8) is 0 Å². The quantitative estimate of drug-likeness (QED) is 0.187. The van der Waals surface area contributed by atoms with Crippen LogP contribution >= 0.6 is 0 Å². The number of nitrogens with one attached hydrogen (secondary N) is 1. The molecule has 2 amide bonds. The smallest absolute Gasteiger partial charge is 0.326 e. The predicted molar refractivity (Wildman–Crippen MR) is 112 cm³/mol. The second kappa shape index (κ2) is 11.1. The largest absolute Gasteiger partial charge is 0.480 e. The number of aliphatic carboxylic acids is 1. The zero-order chi connectivity index (χ0) is 22.1. The zero-order valence-corrected chi connectivity index (χ0v) is 16.9. The number of likely N-dealkylation sites (tertiary alicyclic amines) is 1. The minimum atomic E-state index is -1.04. The summed E-state index contributed by atoms with van der Waals surface area (Å²) in [6.07, 6.45) is 2.11. The predicted octanol–water partition coefficient (Wildman–Crippen LogP) is -0.830. The van der Waals surface area contributed by atoms with Crippen molar-refractivity contribution in [1.82, 2.24) is 10.2 Å². The molecule has 0 radical (unpaired) electrons. The number of aliphatic imine (C=N–C) groups is 1. The minimum Gasteiger partial charge on any atom is -0.480 e. The summed E-state index contributed by atoms with van der Waals surface area (Å²) in [5.41, 5.74) is 17.3. The summed E-state index contributed by atoms with van der Waals surface area (Å²) in [5, 5.41) is 12.1. The van der Waals surface area contributed by atoms with Crippen LogP contribution in [0.25, 0.3) is 0 Å². The van der Waals surface area contributed by atoms with Crippen molar-refractivity contribution < 1.29 is 19.5 Å². The lowest BCUT2D eigenvalue weighted by molar-refractivity contribution is -0.149. The number of hydrogen-bond donors (Lipinski definition) is 5. The highest BCUT2D eigenvalue weighted by atomic mass is 16.4. The number of nitrogens with zero attached hydrogens (tertiary/aromatic N) is 2. The molecule has 164 valence electrons. The third kappa shape index (κ3) is 6.73. The first-order valence-electron chi connectivity index (χ1n) is 9.98. The lowest BCUT2D eigenvalue weighted by Crippen LogP contribution is -2.55. The summed E-state index contributed by atoms with van der Waals surface area (Å²) in [6.45, 7) is 0.700. The Bertz CT molecular complexity index is 766. The van der Waals surface area contributed by atoms with Crippen LogP contribution in [0.3, 0.4) is 0 Å². The van der Waals surface area contributed by atoms with E-state index in [1.807, 2.05) is 30.3 Å². The van der Waals surface area contributed by atoms with E-state index in [9.17, 15) is 19.5 Å². The standard InChI is InChI=1S/C20H30N6O4/c21-14(8-4-10-24-20(22)23)17(27)25-15(12-13-6-2-1-3-7-13)18(28)26-11-5-9-16(26)19(29)30/h1-3,6-7,14-16H,4-5,8-12,21H2,(H,25,27)(H,29,30)(H4,22,23,24)/t14-,15-,16+/m0/s1. The van der Waals surface area contributed by atoms with Crippen LogP contribution in [0.15, 0.2) is 35.3 Å². The maximum atomic E-state index is 13.1. The maximum Gasteiger partial charge on any atom is 0.326 e. The summed E-state index contributed by atoms with van der Waals surface area (Å²) in [7, 11) is 0. The van der Waals surface area contributed by atoms with E-state index in [-0.39, 0.29) is 12.4 Å². The van der Waals surface area contributed by atoms with E-state index in [1.165, 1.54) is 4.90 Å². The summed E-state index contributed by atoms with van der Waals surface area (Å²) in [6, 6.07) is 6.62. The number of hydrogen-bond acceptors (Lipinski definition) is 5. The number of amides is 2. The Kier molecular flexibility index (Phi) is 8.60. The number of carbonyl (C=O) groups is 3. The third-order valence-electron chi connectivity index (χ3n) is 5.02. The summed E-state index contributed by atoms with van der Waals surface area (Å²) >= 11 is 0. The molecule has 8 N–H and O–H groups in total. The Morgan fingerprint density at radius 1 is 1.23 bits per heavy atom. The van der Waals surface area contributed by atoms with Gasteiger partial charge in [0.2, 0.25) is 11.8 Å². The zero-order valence-electron chi connectivity index (χ0n) is 16.9. The van der Waals surface area contributed by atoms with Crippen LogP contribution < -0.4 is 22.5 Å². The highest BCUT2D eigenvalue weighted by Gasteiger charge is 2.37. The van der Waals surface area contributed by atoms with Gasteiger partial charge in [-0.1, -0.05) is 30.3 Å². The van der Waals surface area contributed by atoms with Gasteiger partial charge in [-0.3, -0.25) is 14.6 Å². The Hall–Kier alpha value is -3.14. The van der Waals surface area contributed by atoms with E-state index in [1.54, 1.807) is 0 Å². The van der Waals surface area contributed by atoms with E-state index in [2.05, 4.69) is 10.3 Å². The molecule has 2 rings (SSSR count).